The molecule has 65 heavy (non-hydrogen) atoms. The summed E-state index contributed by atoms with van der Waals surface area (Å²) in [6.07, 6.45) is 11.6. The molecule has 1 aromatic heterocycles. The van der Waals surface area contributed by atoms with Gasteiger partial charge in [0, 0.05) is 45.7 Å². The number of nitrogens with one attached hydrogen (secondary N) is 1. The zero-order valence-corrected chi connectivity index (χ0v) is 38.7. The lowest BCUT2D eigenvalue weighted by Crippen LogP contribution is -2.32. The first kappa shape index (κ1) is 49.0. The van der Waals surface area contributed by atoms with Gasteiger partial charge >= 0.3 is 12.1 Å². The Labute approximate surface area is 387 Å². The third kappa shape index (κ3) is 13.5. The fourth-order valence-corrected chi connectivity index (χ4v) is 7.67. The van der Waals surface area contributed by atoms with Crippen molar-refractivity contribution in [1.82, 2.24) is 5.32 Å². The predicted octanol–water partition coefficient (Wildman–Crippen LogP) is 12.0. The van der Waals surface area contributed by atoms with E-state index >= 15 is 0 Å². The standard InChI is InChI=1S/C53H57N5O6S/c1-7-9-31-58(32-16-17-33-62-51(60)57-30-34-61-50(59)52(3,4)8-2)43-24-22-40(47(35-43)63-38-39-18-12-10-13-19-39)23-25-44-26-27-45(65-44)28-29-46-48(56-6)49(41(36-54)37-55)64-53(46,5)42-20-14-11-15-21-42/h10-15,18-29,35H,7-9,16-17,30-34,38H2,1-5H3,(H,57,60)/b25-23+,29-28+. The summed E-state index contributed by atoms with van der Waals surface area (Å²) in [6, 6.07) is 33.6. The normalized spacial score (nSPS) is 14.6. The van der Waals surface area contributed by atoms with Crippen LogP contribution < -0.4 is 15.0 Å². The maximum Gasteiger partial charge on any atom is 0.407 e. The lowest BCUT2D eigenvalue weighted by Gasteiger charge is -2.28. The highest BCUT2D eigenvalue weighted by Crippen LogP contribution is 2.48. The fraction of sp³-hybridized carbons (Fsp3) is 0.340. The lowest BCUT2D eigenvalue weighted by atomic mass is 9.87. The number of allylic oxidation sites excluding steroid dienone is 1. The van der Waals surface area contributed by atoms with Gasteiger partial charge in [-0.2, -0.15) is 10.5 Å². The first-order valence-corrected chi connectivity index (χ1v) is 22.8. The van der Waals surface area contributed by atoms with Crippen LogP contribution >= 0.6 is 11.3 Å². The number of carbonyl (C=O) groups excluding carboxylic acids is 2. The van der Waals surface area contributed by atoms with Crippen LogP contribution in [0.15, 0.2) is 120 Å². The van der Waals surface area contributed by atoms with Gasteiger partial charge in [-0.25, -0.2) is 9.64 Å². The van der Waals surface area contributed by atoms with Gasteiger partial charge in [-0.1, -0.05) is 87.0 Å². The van der Waals surface area contributed by atoms with Gasteiger partial charge in [-0.3, -0.25) is 4.79 Å². The summed E-state index contributed by atoms with van der Waals surface area (Å²) in [7, 11) is 0. The molecule has 1 aliphatic heterocycles. The number of ether oxygens (including phenoxy) is 4. The molecule has 1 amide bonds. The van der Waals surface area contributed by atoms with Crippen molar-refractivity contribution in [3.8, 4) is 17.9 Å². The number of hydrogen-bond donors (Lipinski definition) is 1. The molecule has 0 spiro atoms. The van der Waals surface area contributed by atoms with E-state index in [4.69, 9.17) is 25.5 Å². The molecule has 0 saturated heterocycles. The maximum atomic E-state index is 12.3. The van der Waals surface area contributed by atoms with E-state index in [1.54, 1.807) is 11.3 Å². The van der Waals surface area contributed by atoms with Gasteiger partial charge in [0.15, 0.2) is 11.3 Å². The number of thiophene rings is 1. The van der Waals surface area contributed by atoms with Gasteiger partial charge < -0.3 is 29.2 Å². The Kier molecular flexibility index (Phi) is 18.2. The first-order chi connectivity index (χ1) is 31.5. The Morgan fingerprint density at radius 2 is 1.55 bits per heavy atom. The van der Waals surface area contributed by atoms with Crippen molar-refractivity contribution in [2.24, 2.45) is 5.41 Å². The molecule has 0 saturated carbocycles. The maximum absolute atomic E-state index is 12.3. The van der Waals surface area contributed by atoms with Crippen LogP contribution in [0, 0.1) is 34.6 Å². The number of nitrogens with zero attached hydrogens (tertiary/aromatic N) is 4. The molecule has 11 nitrogen and oxygen atoms in total. The molecule has 5 rings (SSSR count). The summed E-state index contributed by atoms with van der Waals surface area (Å²) in [6.45, 7) is 20.2. The van der Waals surface area contributed by atoms with Crippen molar-refractivity contribution in [1.29, 1.82) is 10.5 Å². The number of alkyl carbamates (subject to hydrolysis) is 1. The second-order valence-electron chi connectivity index (χ2n) is 16.2. The van der Waals surface area contributed by atoms with Crippen molar-refractivity contribution < 1.29 is 28.5 Å². The second kappa shape index (κ2) is 24.1. The van der Waals surface area contributed by atoms with Gasteiger partial charge in [0.1, 0.15) is 36.7 Å². The molecule has 0 bridgehead atoms. The summed E-state index contributed by atoms with van der Waals surface area (Å²) in [5.74, 6) is 0.460. The largest absolute Gasteiger partial charge is 0.488 e. The molecule has 3 aromatic carbocycles. The zero-order valence-electron chi connectivity index (χ0n) is 37.9. The van der Waals surface area contributed by atoms with Crippen LogP contribution in [-0.4, -0.2) is 44.9 Å². The lowest BCUT2D eigenvalue weighted by molar-refractivity contribution is -0.153. The van der Waals surface area contributed by atoms with Gasteiger partial charge in [-0.05, 0) is 100 Å². The van der Waals surface area contributed by atoms with E-state index in [1.165, 1.54) is 0 Å². The van der Waals surface area contributed by atoms with Gasteiger partial charge in [-0.15, -0.1) is 11.3 Å². The molecule has 0 fully saturated rings. The van der Waals surface area contributed by atoms with E-state index in [1.807, 2.05) is 125 Å². The third-order valence-corrected chi connectivity index (χ3v) is 12.2. The van der Waals surface area contributed by atoms with E-state index in [-0.39, 0.29) is 42.8 Å². The number of hydrogen-bond acceptors (Lipinski definition) is 10. The van der Waals surface area contributed by atoms with Crippen LogP contribution in [-0.2, 0) is 31.2 Å². The van der Waals surface area contributed by atoms with E-state index in [2.05, 4.69) is 52.3 Å². The Morgan fingerprint density at radius 3 is 2.22 bits per heavy atom. The van der Waals surface area contributed by atoms with Gasteiger partial charge in [0.25, 0.3) is 0 Å². The first-order valence-electron chi connectivity index (χ1n) is 22.0. The Hall–Kier alpha value is -7.07. The molecule has 12 heteroatoms. The molecule has 0 radical (unpaired) electrons. The van der Waals surface area contributed by atoms with E-state index in [0.717, 1.165) is 70.2 Å². The van der Waals surface area contributed by atoms with Crippen molar-refractivity contribution in [2.45, 2.75) is 78.9 Å². The molecule has 1 atom stereocenters. The van der Waals surface area contributed by atoms with Crippen LogP contribution in [0.5, 0.6) is 5.75 Å². The smallest absolute Gasteiger partial charge is 0.407 e. The minimum atomic E-state index is -1.08. The van der Waals surface area contributed by atoms with Crippen LogP contribution in [0.1, 0.15) is 93.2 Å². The molecule has 336 valence electrons. The van der Waals surface area contributed by atoms with Crippen LogP contribution in [0.3, 0.4) is 0 Å². The van der Waals surface area contributed by atoms with Gasteiger partial charge in [0.2, 0.25) is 5.70 Å². The summed E-state index contributed by atoms with van der Waals surface area (Å²) >= 11 is 1.58. The quantitative estimate of drug-likeness (QED) is 0.0353. The predicted molar refractivity (Wildman–Crippen MR) is 257 cm³/mol. The third-order valence-electron chi connectivity index (χ3n) is 11.1. The molecule has 0 aliphatic carbocycles. The molecule has 1 unspecified atom stereocenters. The number of rotatable bonds is 22. The highest BCUT2D eigenvalue weighted by Gasteiger charge is 2.43. The summed E-state index contributed by atoms with van der Waals surface area (Å²) in [5.41, 5.74) is 2.64. The number of unbranched alkanes of at least 4 members (excludes halogenated alkanes) is 2. The molecule has 1 N–H and O–H groups in total. The average molecular weight is 892 g/mol. The molecule has 2 heterocycles. The second-order valence-corrected chi connectivity index (χ2v) is 17.3. The molecular formula is C53H57N5O6S. The van der Waals surface area contributed by atoms with Crippen LogP contribution in [0.4, 0.5) is 10.5 Å². The summed E-state index contributed by atoms with van der Waals surface area (Å²) in [4.78, 5) is 32.4. The summed E-state index contributed by atoms with van der Waals surface area (Å²) in [5, 5.41) is 22.0. The number of amides is 1. The van der Waals surface area contributed by atoms with Crippen LogP contribution in [0.2, 0.25) is 0 Å². The average Bonchev–Trinajstić information content (AvgIpc) is 3.91. The number of nitriles is 2. The minimum absolute atomic E-state index is 0.00664. The number of carbonyl (C=O) groups is 2. The Morgan fingerprint density at radius 1 is 0.877 bits per heavy atom. The molecular weight excluding hydrogens is 835 g/mol. The SMILES string of the molecule is [C-]#[N+]C1=C(/C=C/c2ccc(/C=C/c3ccc(N(CCCC)CCCCOC(=O)NCCOC(=O)C(C)(C)CC)cc3OCc3ccccc3)s2)C(C)(c2ccccc2)OC1=C(C#N)C#N. The monoisotopic (exact) mass is 891 g/mol. The van der Waals surface area contributed by atoms with Crippen LogP contribution in [0.25, 0.3) is 23.1 Å². The highest BCUT2D eigenvalue weighted by molar-refractivity contribution is 7.13. The Bertz CT molecular complexity index is 2490. The number of anilines is 1. The fourth-order valence-electron chi connectivity index (χ4n) is 6.85. The van der Waals surface area contributed by atoms with Crippen molar-refractivity contribution in [2.75, 3.05) is 37.7 Å². The van der Waals surface area contributed by atoms with E-state index in [9.17, 15) is 20.1 Å². The number of benzene rings is 3. The summed E-state index contributed by atoms with van der Waals surface area (Å²) < 4.78 is 23.5. The topological polar surface area (TPSA) is 138 Å². The highest BCUT2D eigenvalue weighted by atomic mass is 32.1. The number of esters is 1. The molecule has 4 aromatic rings. The minimum Gasteiger partial charge on any atom is -0.488 e. The van der Waals surface area contributed by atoms with Crippen molar-refractivity contribution in [3.63, 3.8) is 0 Å². The van der Waals surface area contributed by atoms with Crippen molar-refractivity contribution >= 4 is 47.3 Å². The Balaban J connectivity index is 1.28. The van der Waals surface area contributed by atoms with Crippen molar-refractivity contribution in [3.05, 3.63) is 158 Å². The van der Waals surface area contributed by atoms with E-state index < -0.39 is 17.1 Å². The zero-order chi connectivity index (χ0) is 46.7. The van der Waals surface area contributed by atoms with Gasteiger partial charge in [0.05, 0.1) is 25.1 Å². The molecule has 1 aliphatic rings. The van der Waals surface area contributed by atoms with E-state index in [0.29, 0.717) is 25.0 Å².